The zero-order valence-corrected chi connectivity index (χ0v) is 16.2. The predicted molar refractivity (Wildman–Crippen MR) is 106 cm³/mol. The average Bonchev–Trinajstić information content (AvgIpc) is 3.06. The van der Waals surface area contributed by atoms with E-state index in [0.29, 0.717) is 23.4 Å². The fourth-order valence-electron chi connectivity index (χ4n) is 2.88. The van der Waals surface area contributed by atoms with Crippen molar-refractivity contribution in [3.63, 3.8) is 0 Å². The summed E-state index contributed by atoms with van der Waals surface area (Å²) in [5, 5.41) is 3.56. The van der Waals surface area contributed by atoms with Crippen LogP contribution in [-0.4, -0.2) is 25.1 Å². The number of esters is 1. The van der Waals surface area contributed by atoms with Crippen molar-refractivity contribution in [1.82, 2.24) is 0 Å². The number of hydrogen-bond acceptors (Lipinski definition) is 5. The number of para-hydroxylation sites is 1. The average molecular weight is 381 g/mol. The van der Waals surface area contributed by atoms with Crippen LogP contribution in [0.25, 0.3) is 11.0 Å². The Morgan fingerprint density at radius 3 is 2.64 bits per heavy atom. The van der Waals surface area contributed by atoms with Crippen molar-refractivity contribution in [1.29, 1.82) is 0 Å². The molecule has 0 saturated heterocycles. The van der Waals surface area contributed by atoms with Gasteiger partial charge >= 0.3 is 5.97 Å². The number of furan rings is 1. The molecule has 1 amide bonds. The van der Waals surface area contributed by atoms with Crippen molar-refractivity contribution in [3.05, 3.63) is 64.9 Å². The summed E-state index contributed by atoms with van der Waals surface area (Å²) in [6, 6.07) is 12.9. The van der Waals surface area contributed by atoms with E-state index in [1.807, 2.05) is 57.2 Å². The molecule has 28 heavy (non-hydrogen) atoms. The smallest absolute Gasteiger partial charge is 0.375 e. The third-order valence-corrected chi connectivity index (χ3v) is 4.55. The third-order valence-electron chi connectivity index (χ3n) is 4.55. The lowest BCUT2D eigenvalue weighted by Gasteiger charge is -2.10. The van der Waals surface area contributed by atoms with Gasteiger partial charge in [-0.1, -0.05) is 30.3 Å². The number of ether oxygens (including phenoxy) is 2. The molecule has 0 radical (unpaired) electrons. The fraction of sp³-hybridized carbons (Fsp3) is 0.273. The van der Waals surface area contributed by atoms with Gasteiger partial charge in [0.1, 0.15) is 5.58 Å². The molecule has 0 aliphatic carbocycles. The number of carbonyl (C=O) groups excluding carboxylic acids is 2. The third kappa shape index (κ3) is 4.23. The van der Waals surface area contributed by atoms with Crippen LogP contribution in [0.15, 0.2) is 46.9 Å². The van der Waals surface area contributed by atoms with Crippen LogP contribution >= 0.6 is 0 Å². The standard InChI is InChI=1S/C22H23NO5/c1-4-26-12-17-16-9-5-6-11-19(16)28-21(17)22(25)27-13-20(24)23-18-10-7-8-14(2)15(18)3/h5-11H,4,12-13H2,1-3H3,(H,23,24). The molecule has 1 heterocycles. The maximum Gasteiger partial charge on any atom is 0.375 e. The number of anilines is 1. The first-order valence-electron chi connectivity index (χ1n) is 9.12. The van der Waals surface area contributed by atoms with Gasteiger partial charge in [0.2, 0.25) is 5.76 Å². The maximum absolute atomic E-state index is 12.5. The molecule has 3 aromatic rings. The van der Waals surface area contributed by atoms with E-state index in [0.717, 1.165) is 16.5 Å². The van der Waals surface area contributed by atoms with Gasteiger partial charge in [-0.05, 0) is 44.0 Å². The molecule has 0 atom stereocenters. The van der Waals surface area contributed by atoms with E-state index >= 15 is 0 Å². The van der Waals surface area contributed by atoms with Gasteiger partial charge in [-0.25, -0.2) is 4.79 Å². The lowest BCUT2D eigenvalue weighted by molar-refractivity contribution is -0.119. The van der Waals surface area contributed by atoms with Crippen LogP contribution in [0.2, 0.25) is 0 Å². The van der Waals surface area contributed by atoms with Crippen molar-refractivity contribution in [2.24, 2.45) is 0 Å². The molecular weight excluding hydrogens is 358 g/mol. The first-order chi connectivity index (χ1) is 13.5. The van der Waals surface area contributed by atoms with Gasteiger partial charge in [-0.2, -0.15) is 0 Å². The number of amides is 1. The molecule has 0 fully saturated rings. The maximum atomic E-state index is 12.5. The second-order valence-corrected chi connectivity index (χ2v) is 6.41. The Bertz CT molecular complexity index is 1010. The van der Waals surface area contributed by atoms with Gasteiger partial charge in [-0.15, -0.1) is 0 Å². The highest BCUT2D eigenvalue weighted by Crippen LogP contribution is 2.27. The van der Waals surface area contributed by atoms with Gasteiger partial charge in [0, 0.05) is 23.2 Å². The second kappa shape index (κ2) is 8.71. The van der Waals surface area contributed by atoms with Crippen molar-refractivity contribution in [2.75, 3.05) is 18.5 Å². The van der Waals surface area contributed by atoms with Crippen LogP contribution in [0, 0.1) is 13.8 Å². The number of rotatable bonds is 7. The summed E-state index contributed by atoms with van der Waals surface area (Å²) in [5.41, 5.74) is 3.93. The van der Waals surface area contributed by atoms with Crippen LogP contribution < -0.4 is 5.32 Å². The number of nitrogens with one attached hydrogen (secondary N) is 1. The monoisotopic (exact) mass is 381 g/mol. The second-order valence-electron chi connectivity index (χ2n) is 6.41. The molecule has 6 heteroatoms. The predicted octanol–water partition coefficient (Wildman–Crippen LogP) is 4.38. The van der Waals surface area contributed by atoms with E-state index in [4.69, 9.17) is 13.9 Å². The summed E-state index contributed by atoms with van der Waals surface area (Å²) in [6.45, 7) is 6.09. The normalized spacial score (nSPS) is 10.8. The van der Waals surface area contributed by atoms with Crippen LogP contribution in [0.1, 0.15) is 34.2 Å². The van der Waals surface area contributed by atoms with Crippen LogP contribution in [0.4, 0.5) is 5.69 Å². The largest absolute Gasteiger partial charge is 0.450 e. The highest BCUT2D eigenvalue weighted by molar-refractivity contribution is 5.98. The van der Waals surface area contributed by atoms with Gasteiger partial charge in [0.25, 0.3) is 5.91 Å². The van der Waals surface area contributed by atoms with Crippen molar-refractivity contribution in [3.8, 4) is 0 Å². The summed E-state index contributed by atoms with van der Waals surface area (Å²) in [4.78, 5) is 24.7. The van der Waals surface area contributed by atoms with Gasteiger partial charge in [-0.3, -0.25) is 4.79 Å². The molecule has 146 valence electrons. The number of aryl methyl sites for hydroxylation is 1. The van der Waals surface area contributed by atoms with E-state index in [-0.39, 0.29) is 12.4 Å². The SMILES string of the molecule is CCOCc1c(C(=O)OCC(=O)Nc2cccc(C)c2C)oc2ccccc12. The topological polar surface area (TPSA) is 77.8 Å². The molecule has 0 saturated carbocycles. The molecule has 1 aromatic heterocycles. The molecule has 2 aromatic carbocycles. The Morgan fingerprint density at radius 2 is 1.86 bits per heavy atom. The molecular formula is C22H23NO5. The molecule has 0 aliphatic heterocycles. The minimum atomic E-state index is -0.693. The van der Waals surface area contributed by atoms with E-state index in [1.54, 1.807) is 6.07 Å². The van der Waals surface area contributed by atoms with E-state index in [2.05, 4.69) is 5.32 Å². The number of carbonyl (C=O) groups is 2. The summed E-state index contributed by atoms with van der Waals surface area (Å²) in [6.07, 6.45) is 0. The minimum Gasteiger partial charge on any atom is -0.450 e. The Morgan fingerprint density at radius 1 is 1.07 bits per heavy atom. The molecule has 0 aliphatic rings. The number of benzene rings is 2. The first kappa shape index (κ1) is 19.6. The van der Waals surface area contributed by atoms with Crippen molar-refractivity contribution >= 4 is 28.5 Å². The van der Waals surface area contributed by atoms with Crippen LogP contribution in [0.3, 0.4) is 0 Å². The Hall–Kier alpha value is -3.12. The molecule has 0 spiro atoms. The zero-order chi connectivity index (χ0) is 20.1. The van der Waals surface area contributed by atoms with Gasteiger partial charge < -0.3 is 19.2 Å². The molecule has 6 nitrogen and oxygen atoms in total. The quantitative estimate of drug-likeness (QED) is 0.615. The number of fused-ring (bicyclic) bond motifs is 1. The van der Waals surface area contributed by atoms with Gasteiger partial charge in [0.05, 0.1) is 6.61 Å². The Labute approximate surface area is 163 Å². The van der Waals surface area contributed by atoms with E-state index < -0.39 is 18.5 Å². The highest BCUT2D eigenvalue weighted by Gasteiger charge is 2.22. The van der Waals surface area contributed by atoms with Gasteiger partial charge in [0.15, 0.2) is 6.61 Å². The summed E-state index contributed by atoms with van der Waals surface area (Å²) in [7, 11) is 0. The summed E-state index contributed by atoms with van der Waals surface area (Å²) in [5.74, 6) is -1.04. The molecule has 1 N–H and O–H groups in total. The van der Waals surface area contributed by atoms with E-state index in [1.165, 1.54) is 0 Å². The Kier molecular flexibility index (Phi) is 6.11. The zero-order valence-electron chi connectivity index (χ0n) is 16.2. The van der Waals surface area contributed by atoms with Crippen LogP contribution in [0.5, 0.6) is 0 Å². The molecule has 0 unspecified atom stereocenters. The lowest BCUT2D eigenvalue weighted by Crippen LogP contribution is -2.21. The van der Waals surface area contributed by atoms with Crippen molar-refractivity contribution < 1.29 is 23.5 Å². The fourth-order valence-corrected chi connectivity index (χ4v) is 2.88. The van der Waals surface area contributed by atoms with Crippen LogP contribution in [-0.2, 0) is 20.9 Å². The highest BCUT2D eigenvalue weighted by atomic mass is 16.5. The summed E-state index contributed by atoms with van der Waals surface area (Å²) < 4.78 is 16.3. The summed E-state index contributed by atoms with van der Waals surface area (Å²) >= 11 is 0. The minimum absolute atomic E-state index is 0.0641. The molecule has 0 bridgehead atoms. The Balaban J connectivity index is 1.70. The van der Waals surface area contributed by atoms with Crippen molar-refractivity contribution in [2.45, 2.75) is 27.4 Å². The first-order valence-corrected chi connectivity index (χ1v) is 9.12. The lowest BCUT2D eigenvalue weighted by atomic mass is 10.1. The molecule has 3 rings (SSSR count). The van der Waals surface area contributed by atoms with E-state index in [9.17, 15) is 9.59 Å². The number of hydrogen-bond donors (Lipinski definition) is 1.